The lowest BCUT2D eigenvalue weighted by Crippen LogP contribution is -2.59. The first-order valence-corrected chi connectivity index (χ1v) is 29.6. The summed E-state index contributed by atoms with van der Waals surface area (Å²) in [5, 5.41) is 27.7. The lowest BCUT2D eigenvalue weighted by molar-refractivity contribution is -0.152. The molecule has 2 unspecified atom stereocenters. The minimum absolute atomic E-state index is 0.0220. The highest BCUT2D eigenvalue weighted by molar-refractivity contribution is 7.22. The van der Waals surface area contributed by atoms with Crippen LogP contribution in [0.15, 0.2) is 48.0 Å². The van der Waals surface area contributed by atoms with Gasteiger partial charge in [-0.2, -0.15) is 28.4 Å². The second-order valence-corrected chi connectivity index (χ2v) is 25.4. The maximum absolute atomic E-state index is 17.4. The number of benzene rings is 3. The van der Waals surface area contributed by atoms with Gasteiger partial charge in [0.2, 0.25) is 17.7 Å². The molecule has 3 aromatic heterocycles. The number of alkyl halides is 3. The van der Waals surface area contributed by atoms with Gasteiger partial charge in [0.25, 0.3) is 0 Å². The summed E-state index contributed by atoms with van der Waals surface area (Å²) in [6.45, 7) is 11.1. The number of nitriles is 1. The summed E-state index contributed by atoms with van der Waals surface area (Å²) in [6.07, 6.45) is -2.00. The number of carbonyl (C=O) groups excluding carboxylic acids is 3. The first-order chi connectivity index (χ1) is 39.1. The van der Waals surface area contributed by atoms with Crippen molar-refractivity contribution in [3.05, 3.63) is 76.4 Å². The summed E-state index contributed by atoms with van der Waals surface area (Å²) in [4.78, 5) is 68.8. The van der Waals surface area contributed by atoms with E-state index >= 15 is 17.6 Å². The Morgan fingerprint density at radius 2 is 1.76 bits per heavy atom. The Kier molecular flexibility index (Phi) is 15.7. The van der Waals surface area contributed by atoms with Gasteiger partial charge in [0, 0.05) is 67.1 Å². The van der Waals surface area contributed by atoms with Crippen molar-refractivity contribution in [1.82, 2.24) is 45.3 Å². The van der Waals surface area contributed by atoms with E-state index in [1.165, 1.54) is 4.90 Å². The number of rotatable bonds is 15. The molecule has 434 valence electrons. The molecule has 5 saturated heterocycles. The summed E-state index contributed by atoms with van der Waals surface area (Å²) in [6, 6.07) is 9.71. The molecule has 3 amide bonds. The maximum atomic E-state index is 17.4. The lowest BCUT2D eigenvalue weighted by atomic mass is 9.83. The topological polar surface area (TPSA) is 219 Å². The van der Waals surface area contributed by atoms with Gasteiger partial charge in [0.15, 0.2) is 10.9 Å². The van der Waals surface area contributed by atoms with Gasteiger partial charge in [-0.05, 0) is 100 Å². The second-order valence-electron chi connectivity index (χ2n) is 23.6. The smallest absolute Gasteiger partial charge is 0.417 e. The van der Waals surface area contributed by atoms with Crippen molar-refractivity contribution < 1.29 is 46.2 Å². The van der Waals surface area contributed by atoms with E-state index in [9.17, 15) is 29.1 Å². The average molecular weight is 1170 g/mol. The molecule has 82 heavy (non-hydrogen) atoms. The highest BCUT2D eigenvalue weighted by Gasteiger charge is 2.50. The van der Waals surface area contributed by atoms with E-state index in [0.717, 1.165) is 64.1 Å². The zero-order chi connectivity index (χ0) is 58.1. The second kappa shape index (κ2) is 22.5. The van der Waals surface area contributed by atoms with Gasteiger partial charge in [-0.25, -0.2) is 18.7 Å². The van der Waals surface area contributed by atoms with Gasteiger partial charge in [-0.3, -0.25) is 19.3 Å². The number of carbonyl (C=O) groups is 3. The minimum Gasteiger partial charge on any atom is -0.462 e. The van der Waals surface area contributed by atoms with E-state index in [0.29, 0.717) is 51.9 Å². The fourth-order valence-electron chi connectivity index (χ4n) is 13.1. The van der Waals surface area contributed by atoms with E-state index in [4.69, 9.17) is 15.5 Å². The van der Waals surface area contributed by atoms with Crippen LogP contribution >= 0.6 is 22.7 Å². The fourth-order valence-corrected chi connectivity index (χ4v) is 14.6. The fraction of sp³-hybridized carbons (Fsp3) is 0.517. The number of aromatic nitrogens is 4. The van der Waals surface area contributed by atoms with E-state index < -0.39 is 87.9 Å². The standard InChI is InChI=1S/C58H65F5N12O5S2/c1-29(31-8-10-32(11-9-31)49-30(2)66-28-81-49)67-53(78)42-21-37(76)26-74(42)54(79)51(57(3,4)5)75-36(14-17-44(75)77)7-6-19-72-20-18-33(23-64)43(72)27-80-56-70-47-39(52(71-56)73-24-34-12-13-35(25-73)68-34)22-40(58(61,62)63)45(46(47)60)38-15-16-41(59)50-48(38)69-55(65)82-50/h8-11,15-16,22,28-29,33-37,42-43,51,68,76H,6-7,12-14,17-21,24-27H2,1-5H3,(H2,65,69)(H,67,78)/t29-,33+,34?,35?,36-,37+,42-,43+,51+/m0/s1. The van der Waals surface area contributed by atoms with Crippen LogP contribution in [0.2, 0.25) is 0 Å². The molecule has 5 fully saturated rings. The van der Waals surface area contributed by atoms with Crippen molar-refractivity contribution in [2.45, 2.75) is 141 Å². The van der Waals surface area contributed by atoms with Crippen molar-refractivity contribution >= 4 is 72.5 Å². The summed E-state index contributed by atoms with van der Waals surface area (Å²) < 4.78 is 84.2. The summed E-state index contributed by atoms with van der Waals surface area (Å²) in [5.41, 5.74) is 6.60. The van der Waals surface area contributed by atoms with Crippen LogP contribution in [-0.4, -0.2) is 139 Å². The van der Waals surface area contributed by atoms with Gasteiger partial charge < -0.3 is 40.9 Å². The van der Waals surface area contributed by atoms with Gasteiger partial charge in [-0.15, -0.1) is 11.3 Å². The van der Waals surface area contributed by atoms with Crippen molar-refractivity contribution in [2.75, 3.05) is 50.0 Å². The molecule has 0 radical (unpaired) electrons. The molecular weight excluding hydrogens is 1100 g/mol. The number of nitrogen functional groups attached to an aromatic ring is 1. The predicted octanol–water partition coefficient (Wildman–Crippen LogP) is 8.78. The van der Waals surface area contributed by atoms with Gasteiger partial charge in [0.05, 0.1) is 62.0 Å². The number of aliphatic hydroxyl groups is 1. The molecule has 5 N–H and O–H groups in total. The number of halogens is 5. The highest BCUT2D eigenvalue weighted by Crippen LogP contribution is 2.47. The van der Waals surface area contributed by atoms with E-state index in [1.54, 1.807) is 21.7 Å². The number of hydrogen-bond donors (Lipinski definition) is 4. The number of ether oxygens (including phenoxy) is 1. The zero-order valence-electron chi connectivity index (χ0n) is 46.1. The Bertz CT molecular complexity index is 3460. The van der Waals surface area contributed by atoms with E-state index in [1.807, 2.05) is 63.8 Å². The molecule has 6 aromatic rings. The molecule has 11 rings (SSSR count). The number of aryl methyl sites for hydroxylation is 1. The number of nitrogens with zero attached hydrogens (tertiary/aromatic N) is 9. The number of fused-ring (bicyclic) bond motifs is 4. The molecule has 5 aliphatic heterocycles. The van der Waals surface area contributed by atoms with Crippen molar-refractivity contribution in [1.29, 1.82) is 5.26 Å². The van der Waals surface area contributed by atoms with Crippen LogP contribution in [0.5, 0.6) is 6.01 Å². The normalized spacial score (nSPS) is 24.0. The molecule has 0 aliphatic carbocycles. The third-order valence-electron chi connectivity index (χ3n) is 17.0. The maximum Gasteiger partial charge on any atom is 0.417 e. The molecule has 24 heteroatoms. The largest absolute Gasteiger partial charge is 0.462 e. The number of β-amino-alcohol motifs (C(OH)–C–C–N with tert-alkyl or cyclic N) is 1. The molecule has 3 aromatic carbocycles. The zero-order valence-corrected chi connectivity index (χ0v) is 47.7. The molecule has 9 atom stereocenters. The molecule has 0 saturated carbocycles. The van der Waals surface area contributed by atoms with E-state index in [-0.39, 0.29) is 88.2 Å². The number of nitrogens with two attached hydrogens (primary N) is 1. The van der Waals surface area contributed by atoms with Crippen LogP contribution in [-0.2, 0) is 20.6 Å². The first-order valence-electron chi connectivity index (χ1n) is 27.9. The van der Waals surface area contributed by atoms with Crippen LogP contribution in [0.1, 0.15) is 102 Å². The molecule has 5 aliphatic rings. The minimum atomic E-state index is -5.07. The number of piperazine rings is 1. The van der Waals surface area contributed by atoms with Crippen LogP contribution in [0.25, 0.3) is 42.7 Å². The van der Waals surface area contributed by atoms with Crippen molar-refractivity contribution in [3.63, 3.8) is 0 Å². The van der Waals surface area contributed by atoms with Crippen LogP contribution in [0, 0.1) is 41.2 Å². The number of thiazole rings is 2. The van der Waals surface area contributed by atoms with Crippen molar-refractivity contribution in [2.24, 2.45) is 11.3 Å². The first kappa shape index (κ1) is 57.2. The summed E-state index contributed by atoms with van der Waals surface area (Å²) in [5.74, 6) is -3.51. The van der Waals surface area contributed by atoms with Crippen LogP contribution in [0.4, 0.5) is 32.9 Å². The molecule has 17 nitrogen and oxygen atoms in total. The third-order valence-corrected chi connectivity index (χ3v) is 18.9. The number of amides is 3. The number of nitrogens with one attached hydrogen (secondary N) is 2. The summed E-state index contributed by atoms with van der Waals surface area (Å²) >= 11 is 2.29. The Hall–Kier alpha value is -6.65. The monoisotopic (exact) mass is 1170 g/mol. The number of aliphatic hydroxyl groups excluding tert-OH is 1. The number of hydrogen-bond acceptors (Lipinski definition) is 16. The molecule has 8 heterocycles. The Morgan fingerprint density at radius 3 is 2.44 bits per heavy atom. The lowest BCUT2D eigenvalue weighted by Gasteiger charge is -2.43. The SMILES string of the molecule is Cc1ncsc1-c1ccc([C@H](C)NC(=O)[C@@H]2C[C@@H](O)CN2C(=O)[C@@H](N2C(=O)CC[C@@H]2CCCN2CC[C@H](C#N)[C@H]2COc2nc(N3CC4CCC(C3)N4)c3cc(C(F)(F)F)c(-c4ccc(F)c5sc(N)nc45)c(F)c3n2)C(C)(C)C)cc1. The van der Waals surface area contributed by atoms with Gasteiger partial charge >= 0.3 is 12.2 Å². The van der Waals surface area contributed by atoms with E-state index in [2.05, 4.69) is 36.6 Å². The quantitative estimate of drug-likeness (QED) is 0.0707. The Balaban J connectivity index is 0.807. The number of likely N-dealkylation sites (tertiary alicyclic amines) is 3. The third kappa shape index (κ3) is 11.1. The van der Waals surface area contributed by atoms with Crippen LogP contribution < -0.4 is 26.0 Å². The van der Waals surface area contributed by atoms with Gasteiger partial charge in [0.1, 0.15) is 35.8 Å². The van der Waals surface area contributed by atoms with Crippen molar-refractivity contribution in [3.8, 4) is 33.6 Å². The molecular formula is C58H65F5N12O5S2. The van der Waals surface area contributed by atoms with Crippen LogP contribution in [0.3, 0.4) is 0 Å². The molecule has 2 bridgehead atoms. The Labute approximate surface area is 479 Å². The van der Waals surface area contributed by atoms with Gasteiger partial charge in [-0.1, -0.05) is 56.4 Å². The Morgan fingerprint density at radius 1 is 1.01 bits per heavy atom. The predicted molar refractivity (Wildman–Crippen MR) is 302 cm³/mol. The number of anilines is 2. The highest BCUT2D eigenvalue weighted by atomic mass is 32.1. The molecule has 0 spiro atoms. The average Bonchev–Trinajstić information content (AvgIpc) is 3.03. The summed E-state index contributed by atoms with van der Waals surface area (Å²) in [7, 11) is 0.